The number of benzene rings is 1. The van der Waals surface area contributed by atoms with Crippen LogP contribution in [0.25, 0.3) is 11.0 Å². The maximum absolute atomic E-state index is 5.68. The molecule has 0 aliphatic rings. The summed E-state index contributed by atoms with van der Waals surface area (Å²) < 4.78 is 7.80. The number of nitrogens with one attached hydrogen (secondary N) is 1. The van der Waals surface area contributed by atoms with Gasteiger partial charge in [0.1, 0.15) is 11.6 Å². The average Bonchev–Trinajstić information content (AvgIpc) is 2.87. The molecular weight excluding hydrogens is 274 g/mol. The van der Waals surface area contributed by atoms with Gasteiger partial charge in [0.05, 0.1) is 24.2 Å². The predicted molar refractivity (Wildman–Crippen MR) is 91.2 cm³/mol. The third-order valence-corrected chi connectivity index (χ3v) is 3.47. The second kappa shape index (κ2) is 8.45. The van der Waals surface area contributed by atoms with Gasteiger partial charge in [-0.25, -0.2) is 4.98 Å². The summed E-state index contributed by atoms with van der Waals surface area (Å²) >= 11 is 0. The maximum atomic E-state index is 5.68. The molecule has 0 amide bonds. The molecule has 0 unspecified atom stereocenters. The van der Waals surface area contributed by atoms with Gasteiger partial charge in [-0.1, -0.05) is 19.8 Å². The standard InChI is InChI=1S/C18H25N3O/c1-4-10-19-11-9-18-20-16-14-15(22-13-6-3)7-8-17(16)21(18)12-5-2/h2,7-8,14,19H,4,6,9-13H2,1,3H3. The van der Waals surface area contributed by atoms with Gasteiger partial charge in [0.2, 0.25) is 0 Å². The van der Waals surface area contributed by atoms with Gasteiger partial charge >= 0.3 is 0 Å². The average molecular weight is 299 g/mol. The topological polar surface area (TPSA) is 39.1 Å². The van der Waals surface area contributed by atoms with Crippen molar-refractivity contribution in [3.63, 3.8) is 0 Å². The van der Waals surface area contributed by atoms with Crippen molar-refractivity contribution in [2.24, 2.45) is 0 Å². The Hall–Kier alpha value is -1.99. The Morgan fingerprint density at radius 3 is 2.86 bits per heavy atom. The van der Waals surface area contributed by atoms with Gasteiger partial charge in [0, 0.05) is 19.0 Å². The van der Waals surface area contributed by atoms with Crippen LogP contribution in [0.5, 0.6) is 5.75 Å². The summed E-state index contributed by atoms with van der Waals surface area (Å²) in [6.45, 7) is 7.49. The fraction of sp³-hybridized carbons (Fsp3) is 0.500. The Bertz CT molecular complexity index is 640. The Morgan fingerprint density at radius 2 is 2.14 bits per heavy atom. The molecule has 1 aromatic heterocycles. The van der Waals surface area contributed by atoms with Crippen LogP contribution in [0.4, 0.5) is 0 Å². The highest BCUT2D eigenvalue weighted by Gasteiger charge is 2.10. The monoisotopic (exact) mass is 299 g/mol. The fourth-order valence-electron chi connectivity index (χ4n) is 2.43. The SMILES string of the molecule is C#CCn1c(CCNCCC)nc2cc(OCCC)ccc21. The van der Waals surface area contributed by atoms with E-state index in [2.05, 4.69) is 29.7 Å². The summed E-state index contributed by atoms with van der Waals surface area (Å²) in [4.78, 5) is 4.75. The smallest absolute Gasteiger partial charge is 0.121 e. The number of ether oxygens (including phenoxy) is 1. The predicted octanol–water partition coefficient (Wildman–Crippen LogP) is 3.00. The van der Waals surface area contributed by atoms with Crippen molar-refractivity contribution < 1.29 is 4.74 Å². The molecule has 4 heteroatoms. The van der Waals surface area contributed by atoms with Crippen molar-refractivity contribution in [3.8, 4) is 18.1 Å². The highest BCUT2D eigenvalue weighted by Crippen LogP contribution is 2.22. The van der Waals surface area contributed by atoms with E-state index in [9.17, 15) is 0 Å². The lowest BCUT2D eigenvalue weighted by Gasteiger charge is -2.07. The molecule has 4 nitrogen and oxygen atoms in total. The van der Waals surface area contributed by atoms with Crippen molar-refractivity contribution in [2.75, 3.05) is 19.7 Å². The molecule has 0 atom stereocenters. The largest absolute Gasteiger partial charge is 0.494 e. The van der Waals surface area contributed by atoms with Gasteiger partial charge in [0.25, 0.3) is 0 Å². The van der Waals surface area contributed by atoms with E-state index >= 15 is 0 Å². The number of aromatic nitrogens is 2. The van der Waals surface area contributed by atoms with Crippen molar-refractivity contribution in [2.45, 2.75) is 39.7 Å². The summed E-state index contributed by atoms with van der Waals surface area (Å²) in [5, 5.41) is 3.41. The van der Waals surface area contributed by atoms with E-state index in [1.165, 1.54) is 0 Å². The van der Waals surface area contributed by atoms with E-state index in [1.54, 1.807) is 0 Å². The number of hydrogen-bond acceptors (Lipinski definition) is 3. The molecule has 0 fully saturated rings. The molecular formula is C18H25N3O. The molecule has 0 radical (unpaired) electrons. The first-order chi connectivity index (χ1) is 10.8. The lowest BCUT2D eigenvalue weighted by Crippen LogP contribution is -2.19. The summed E-state index contributed by atoms with van der Waals surface area (Å²) in [6.07, 6.45) is 8.52. The molecule has 2 aromatic rings. The van der Waals surface area contributed by atoms with Gasteiger partial charge in [0.15, 0.2) is 0 Å². The van der Waals surface area contributed by atoms with Gasteiger partial charge < -0.3 is 14.6 Å². The van der Waals surface area contributed by atoms with Crippen LogP contribution < -0.4 is 10.1 Å². The Labute approximate surface area is 132 Å². The Balaban J connectivity index is 2.22. The highest BCUT2D eigenvalue weighted by atomic mass is 16.5. The van der Waals surface area contributed by atoms with Crippen LogP contribution in [-0.4, -0.2) is 29.2 Å². The normalized spacial score (nSPS) is 10.8. The summed E-state index contributed by atoms with van der Waals surface area (Å²) in [5.74, 6) is 4.63. The zero-order chi connectivity index (χ0) is 15.8. The number of fused-ring (bicyclic) bond motifs is 1. The van der Waals surface area contributed by atoms with Gasteiger partial charge in [-0.15, -0.1) is 6.42 Å². The molecule has 0 aliphatic heterocycles. The summed E-state index contributed by atoms with van der Waals surface area (Å²) in [5.41, 5.74) is 2.03. The minimum atomic E-state index is 0.550. The van der Waals surface area contributed by atoms with E-state index in [-0.39, 0.29) is 0 Å². The molecule has 22 heavy (non-hydrogen) atoms. The zero-order valence-electron chi connectivity index (χ0n) is 13.6. The van der Waals surface area contributed by atoms with Crippen LogP contribution in [0.1, 0.15) is 32.5 Å². The quantitative estimate of drug-likeness (QED) is 0.571. The van der Waals surface area contributed by atoms with Crippen molar-refractivity contribution in [1.29, 1.82) is 0 Å². The molecule has 1 aromatic carbocycles. The molecule has 0 saturated heterocycles. The van der Waals surface area contributed by atoms with E-state index < -0.39 is 0 Å². The lowest BCUT2D eigenvalue weighted by atomic mass is 10.3. The number of nitrogens with zero attached hydrogens (tertiary/aromatic N) is 2. The van der Waals surface area contributed by atoms with Crippen LogP contribution in [0.3, 0.4) is 0 Å². The molecule has 2 rings (SSSR count). The maximum Gasteiger partial charge on any atom is 0.121 e. The van der Waals surface area contributed by atoms with Gasteiger partial charge in [-0.3, -0.25) is 0 Å². The first-order valence-corrected chi connectivity index (χ1v) is 8.06. The van der Waals surface area contributed by atoms with Crippen LogP contribution in [-0.2, 0) is 13.0 Å². The van der Waals surface area contributed by atoms with Crippen molar-refractivity contribution >= 4 is 11.0 Å². The Morgan fingerprint density at radius 1 is 1.27 bits per heavy atom. The zero-order valence-corrected chi connectivity index (χ0v) is 13.6. The lowest BCUT2D eigenvalue weighted by molar-refractivity contribution is 0.318. The van der Waals surface area contributed by atoms with Crippen LogP contribution in [0, 0.1) is 12.3 Å². The van der Waals surface area contributed by atoms with Crippen LogP contribution in [0.2, 0.25) is 0 Å². The van der Waals surface area contributed by atoms with Crippen molar-refractivity contribution in [3.05, 3.63) is 24.0 Å². The van der Waals surface area contributed by atoms with Crippen molar-refractivity contribution in [1.82, 2.24) is 14.9 Å². The molecule has 0 saturated carbocycles. The minimum absolute atomic E-state index is 0.550. The van der Waals surface area contributed by atoms with Gasteiger partial charge in [-0.05, 0) is 31.5 Å². The molecule has 118 valence electrons. The third-order valence-electron chi connectivity index (χ3n) is 3.47. The summed E-state index contributed by atoms with van der Waals surface area (Å²) in [7, 11) is 0. The first-order valence-electron chi connectivity index (χ1n) is 8.06. The van der Waals surface area contributed by atoms with Crippen LogP contribution >= 0.6 is 0 Å². The number of hydrogen-bond donors (Lipinski definition) is 1. The number of terminal acetylenes is 1. The molecule has 0 bridgehead atoms. The summed E-state index contributed by atoms with van der Waals surface area (Å²) in [6, 6.07) is 6.04. The number of rotatable bonds is 9. The van der Waals surface area contributed by atoms with E-state index in [4.69, 9.17) is 16.1 Å². The second-order valence-corrected chi connectivity index (χ2v) is 5.32. The third kappa shape index (κ3) is 4.02. The van der Waals surface area contributed by atoms with Gasteiger partial charge in [-0.2, -0.15) is 0 Å². The fourth-order valence-corrected chi connectivity index (χ4v) is 2.43. The molecule has 1 N–H and O–H groups in total. The van der Waals surface area contributed by atoms with E-state index in [0.29, 0.717) is 6.54 Å². The second-order valence-electron chi connectivity index (χ2n) is 5.32. The van der Waals surface area contributed by atoms with E-state index in [0.717, 1.165) is 61.6 Å². The van der Waals surface area contributed by atoms with E-state index in [1.807, 2.05) is 18.2 Å². The minimum Gasteiger partial charge on any atom is -0.494 e. The Kier molecular flexibility index (Phi) is 6.29. The highest BCUT2D eigenvalue weighted by molar-refractivity contribution is 5.78. The first kappa shape index (κ1) is 16.4. The molecule has 0 aliphatic carbocycles. The molecule has 1 heterocycles. The van der Waals surface area contributed by atoms with Crippen LogP contribution in [0.15, 0.2) is 18.2 Å². The number of imidazole rings is 1. The molecule has 0 spiro atoms.